The van der Waals surface area contributed by atoms with E-state index in [2.05, 4.69) is 21.4 Å². The van der Waals surface area contributed by atoms with Crippen LogP contribution in [-0.4, -0.2) is 29.0 Å². The second-order valence-corrected chi connectivity index (χ2v) is 6.64. The van der Waals surface area contributed by atoms with Crippen LogP contribution in [0.5, 0.6) is 5.75 Å². The van der Waals surface area contributed by atoms with E-state index in [9.17, 15) is 4.79 Å². The number of aryl methyl sites for hydroxylation is 1. The van der Waals surface area contributed by atoms with Crippen molar-refractivity contribution in [3.63, 3.8) is 0 Å². The van der Waals surface area contributed by atoms with Gasteiger partial charge in [-0.1, -0.05) is 24.3 Å². The first-order valence-electron chi connectivity index (χ1n) is 8.60. The predicted molar refractivity (Wildman–Crippen MR) is 96.7 cm³/mol. The molecule has 2 heterocycles. The molecule has 1 atom stereocenters. The Labute approximate surface area is 146 Å². The summed E-state index contributed by atoms with van der Waals surface area (Å²) in [6.45, 7) is 3.21. The van der Waals surface area contributed by atoms with Gasteiger partial charge in [-0.3, -0.25) is 4.79 Å². The van der Waals surface area contributed by atoms with Crippen LogP contribution in [0.4, 0.5) is 0 Å². The van der Waals surface area contributed by atoms with Crippen molar-refractivity contribution < 1.29 is 9.53 Å². The number of benzene rings is 2. The van der Waals surface area contributed by atoms with Gasteiger partial charge in [0.2, 0.25) is 5.91 Å². The summed E-state index contributed by atoms with van der Waals surface area (Å²) in [7, 11) is 0. The summed E-state index contributed by atoms with van der Waals surface area (Å²) in [6.07, 6.45) is 1.31. The first kappa shape index (κ1) is 15.7. The molecule has 1 aliphatic heterocycles. The lowest BCUT2D eigenvalue weighted by Crippen LogP contribution is -2.35. The van der Waals surface area contributed by atoms with Crippen molar-refractivity contribution in [1.29, 1.82) is 0 Å². The Hall–Kier alpha value is -2.82. The smallest absolute Gasteiger partial charge is 0.224 e. The third-order valence-electron chi connectivity index (χ3n) is 4.57. The average Bonchev–Trinajstić information content (AvgIpc) is 2.99. The number of rotatable bonds is 4. The van der Waals surface area contributed by atoms with Crippen LogP contribution in [0, 0.1) is 12.8 Å². The normalized spacial score (nSPS) is 16.3. The Morgan fingerprint density at radius 2 is 2.20 bits per heavy atom. The number of aromatic nitrogens is 2. The summed E-state index contributed by atoms with van der Waals surface area (Å²) in [5, 5.41) is 3.04. The Morgan fingerprint density at radius 1 is 1.32 bits per heavy atom. The molecule has 1 aliphatic rings. The van der Waals surface area contributed by atoms with Crippen LogP contribution in [0.25, 0.3) is 11.0 Å². The van der Waals surface area contributed by atoms with E-state index in [0.29, 0.717) is 25.5 Å². The van der Waals surface area contributed by atoms with E-state index in [0.717, 1.165) is 34.6 Å². The van der Waals surface area contributed by atoms with Crippen molar-refractivity contribution in [2.75, 3.05) is 13.2 Å². The minimum atomic E-state index is 0.0365. The van der Waals surface area contributed by atoms with Crippen molar-refractivity contribution in [2.45, 2.75) is 19.8 Å². The maximum absolute atomic E-state index is 12.3. The van der Waals surface area contributed by atoms with Crippen LogP contribution in [0.2, 0.25) is 0 Å². The quantitative estimate of drug-likeness (QED) is 0.770. The van der Waals surface area contributed by atoms with Gasteiger partial charge in [0.15, 0.2) is 0 Å². The van der Waals surface area contributed by atoms with Gasteiger partial charge in [0, 0.05) is 12.5 Å². The first-order valence-corrected chi connectivity index (χ1v) is 8.60. The molecule has 0 bridgehead atoms. The molecular weight excluding hydrogens is 314 g/mol. The highest BCUT2D eigenvalue weighted by molar-refractivity contribution is 5.81. The summed E-state index contributed by atoms with van der Waals surface area (Å²) in [4.78, 5) is 19.8. The number of aromatic amines is 1. The van der Waals surface area contributed by atoms with Crippen LogP contribution in [0.15, 0.2) is 42.5 Å². The number of amides is 1. The zero-order valence-electron chi connectivity index (χ0n) is 14.2. The van der Waals surface area contributed by atoms with Gasteiger partial charge in [-0.2, -0.15) is 0 Å². The highest BCUT2D eigenvalue weighted by Gasteiger charge is 2.20. The number of para-hydroxylation sites is 1. The molecule has 5 nitrogen and oxygen atoms in total. The van der Waals surface area contributed by atoms with Gasteiger partial charge in [0.05, 0.1) is 24.1 Å². The van der Waals surface area contributed by atoms with E-state index in [-0.39, 0.29) is 5.91 Å². The molecular formula is C20H21N3O2. The van der Waals surface area contributed by atoms with E-state index in [1.54, 1.807) is 0 Å². The number of nitrogens with one attached hydrogen (secondary N) is 2. The summed E-state index contributed by atoms with van der Waals surface area (Å²) in [6, 6.07) is 14.0. The van der Waals surface area contributed by atoms with Crippen LogP contribution < -0.4 is 10.1 Å². The molecule has 0 saturated carbocycles. The molecule has 0 unspecified atom stereocenters. The summed E-state index contributed by atoms with van der Waals surface area (Å²) in [5.74, 6) is 2.20. The van der Waals surface area contributed by atoms with Gasteiger partial charge in [0.1, 0.15) is 11.6 Å². The average molecular weight is 335 g/mol. The highest BCUT2D eigenvalue weighted by atomic mass is 16.5. The van der Waals surface area contributed by atoms with Gasteiger partial charge in [-0.25, -0.2) is 4.98 Å². The monoisotopic (exact) mass is 335 g/mol. The van der Waals surface area contributed by atoms with Crippen molar-refractivity contribution in [3.8, 4) is 5.75 Å². The third kappa shape index (κ3) is 3.50. The number of nitrogens with zero attached hydrogens (tertiary/aromatic N) is 1. The summed E-state index contributed by atoms with van der Waals surface area (Å²) < 4.78 is 5.77. The zero-order valence-corrected chi connectivity index (χ0v) is 14.2. The summed E-state index contributed by atoms with van der Waals surface area (Å²) in [5.41, 5.74) is 4.10. The molecule has 3 aromatic rings. The van der Waals surface area contributed by atoms with E-state index in [1.807, 2.05) is 43.3 Å². The number of carbonyl (C=O) groups is 1. The SMILES string of the molecule is Cc1nc2ccc(CC(=O)NC[C@H]3COc4ccccc4C3)cc2[nH]1. The number of imidazole rings is 1. The summed E-state index contributed by atoms with van der Waals surface area (Å²) >= 11 is 0. The molecule has 4 rings (SSSR count). The molecule has 5 heteroatoms. The Morgan fingerprint density at radius 3 is 3.12 bits per heavy atom. The second kappa shape index (κ2) is 6.59. The molecule has 0 saturated heterocycles. The number of hydrogen-bond acceptors (Lipinski definition) is 3. The molecule has 0 fully saturated rings. The Balaban J connectivity index is 1.33. The predicted octanol–water partition coefficient (Wildman–Crippen LogP) is 2.78. The van der Waals surface area contributed by atoms with Crippen LogP contribution in [0.3, 0.4) is 0 Å². The Bertz CT molecular complexity index is 916. The lowest BCUT2D eigenvalue weighted by molar-refractivity contribution is -0.120. The van der Waals surface area contributed by atoms with Crippen molar-refractivity contribution >= 4 is 16.9 Å². The van der Waals surface area contributed by atoms with Gasteiger partial charge in [0.25, 0.3) is 0 Å². The molecule has 2 N–H and O–H groups in total. The molecule has 2 aromatic carbocycles. The topological polar surface area (TPSA) is 67.0 Å². The van der Waals surface area contributed by atoms with Crippen molar-refractivity contribution in [3.05, 3.63) is 59.4 Å². The number of fused-ring (bicyclic) bond motifs is 2. The lowest BCUT2D eigenvalue weighted by atomic mass is 9.96. The minimum Gasteiger partial charge on any atom is -0.493 e. The van der Waals surface area contributed by atoms with Crippen molar-refractivity contribution in [1.82, 2.24) is 15.3 Å². The van der Waals surface area contributed by atoms with Gasteiger partial charge < -0.3 is 15.0 Å². The number of ether oxygens (including phenoxy) is 1. The van der Waals surface area contributed by atoms with E-state index in [1.165, 1.54) is 5.56 Å². The van der Waals surface area contributed by atoms with Gasteiger partial charge >= 0.3 is 0 Å². The fraction of sp³-hybridized carbons (Fsp3) is 0.300. The van der Waals surface area contributed by atoms with Crippen LogP contribution in [0.1, 0.15) is 17.0 Å². The lowest BCUT2D eigenvalue weighted by Gasteiger charge is -2.25. The maximum Gasteiger partial charge on any atom is 0.224 e. The number of H-pyrrole nitrogens is 1. The van der Waals surface area contributed by atoms with E-state index >= 15 is 0 Å². The van der Waals surface area contributed by atoms with Gasteiger partial charge in [-0.05, 0) is 42.7 Å². The zero-order chi connectivity index (χ0) is 17.2. The molecule has 0 spiro atoms. The highest BCUT2D eigenvalue weighted by Crippen LogP contribution is 2.26. The number of hydrogen-bond donors (Lipinski definition) is 2. The molecule has 25 heavy (non-hydrogen) atoms. The largest absolute Gasteiger partial charge is 0.493 e. The van der Waals surface area contributed by atoms with Crippen LogP contribution >= 0.6 is 0 Å². The fourth-order valence-electron chi connectivity index (χ4n) is 3.32. The standard InChI is InChI=1S/C20H21N3O2/c1-13-22-17-7-6-14(9-18(17)23-13)10-20(24)21-11-15-8-16-4-2-3-5-19(16)25-12-15/h2-7,9,15H,8,10-12H2,1H3,(H,21,24)(H,22,23)/t15-/m0/s1. The molecule has 1 aromatic heterocycles. The molecule has 0 aliphatic carbocycles. The Kier molecular flexibility index (Phi) is 4.14. The number of carbonyl (C=O) groups excluding carboxylic acids is 1. The van der Waals surface area contributed by atoms with E-state index < -0.39 is 0 Å². The van der Waals surface area contributed by atoms with Gasteiger partial charge in [-0.15, -0.1) is 0 Å². The van der Waals surface area contributed by atoms with Crippen LogP contribution in [-0.2, 0) is 17.6 Å². The van der Waals surface area contributed by atoms with Crippen molar-refractivity contribution in [2.24, 2.45) is 5.92 Å². The third-order valence-corrected chi connectivity index (χ3v) is 4.57. The first-order chi connectivity index (χ1) is 12.2. The minimum absolute atomic E-state index is 0.0365. The van der Waals surface area contributed by atoms with E-state index in [4.69, 9.17) is 4.74 Å². The molecule has 1 amide bonds. The maximum atomic E-state index is 12.3. The fourth-order valence-corrected chi connectivity index (χ4v) is 3.32. The molecule has 0 radical (unpaired) electrons. The second-order valence-electron chi connectivity index (χ2n) is 6.64. The molecule has 128 valence electrons.